The second-order valence-corrected chi connectivity index (χ2v) is 8.41. The minimum Gasteiger partial charge on any atom is -0.452 e. The van der Waals surface area contributed by atoms with Gasteiger partial charge in [0.25, 0.3) is 0 Å². The summed E-state index contributed by atoms with van der Waals surface area (Å²) in [5.74, 6) is 0.273. The Morgan fingerprint density at radius 2 is 1.48 bits per heavy atom. The fourth-order valence-electron chi connectivity index (χ4n) is 2.91. The van der Waals surface area contributed by atoms with Crippen LogP contribution in [0.4, 0.5) is 0 Å². The van der Waals surface area contributed by atoms with Crippen LogP contribution in [-0.2, 0) is 10.1 Å². The van der Waals surface area contributed by atoms with Crippen LogP contribution < -0.4 is 8.92 Å². The normalized spacial score (nSPS) is 14.6. The van der Waals surface area contributed by atoms with E-state index in [1.807, 2.05) is 38.1 Å². The number of carbonyl (C=O) groups is 1. The molecule has 0 bridgehead atoms. The number of ether oxygens (including phenoxy) is 1. The van der Waals surface area contributed by atoms with E-state index in [-0.39, 0.29) is 27.9 Å². The topological polar surface area (TPSA) is 69.7 Å². The zero-order valence-electron chi connectivity index (χ0n) is 15.9. The van der Waals surface area contributed by atoms with Gasteiger partial charge in [-0.1, -0.05) is 47.5 Å². The van der Waals surface area contributed by atoms with Crippen LogP contribution >= 0.6 is 0 Å². The van der Waals surface area contributed by atoms with Crippen molar-refractivity contribution in [1.29, 1.82) is 0 Å². The van der Waals surface area contributed by atoms with E-state index >= 15 is 0 Å². The molecular formula is C23H18O5S. The molecule has 0 atom stereocenters. The van der Waals surface area contributed by atoms with Crippen LogP contribution in [0.5, 0.6) is 11.5 Å². The fraction of sp³-hybridized carbons (Fsp3) is 0.0870. The van der Waals surface area contributed by atoms with Gasteiger partial charge in [-0.3, -0.25) is 4.79 Å². The van der Waals surface area contributed by atoms with Crippen LogP contribution in [0, 0.1) is 13.8 Å². The van der Waals surface area contributed by atoms with Gasteiger partial charge in [0.15, 0.2) is 5.76 Å². The maximum absolute atomic E-state index is 12.6. The smallest absolute Gasteiger partial charge is 0.339 e. The van der Waals surface area contributed by atoms with Gasteiger partial charge in [0, 0.05) is 6.07 Å². The second-order valence-electron chi connectivity index (χ2n) is 6.86. The first-order valence-corrected chi connectivity index (χ1v) is 10.4. The van der Waals surface area contributed by atoms with Crippen LogP contribution in [0.3, 0.4) is 0 Å². The Balaban J connectivity index is 1.59. The molecule has 0 spiro atoms. The predicted molar refractivity (Wildman–Crippen MR) is 110 cm³/mol. The number of ketones is 1. The van der Waals surface area contributed by atoms with Gasteiger partial charge in [0.1, 0.15) is 16.4 Å². The first-order chi connectivity index (χ1) is 13.8. The molecule has 1 aliphatic rings. The maximum Gasteiger partial charge on any atom is 0.339 e. The Morgan fingerprint density at radius 1 is 0.862 bits per heavy atom. The third kappa shape index (κ3) is 3.93. The third-order valence-electron chi connectivity index (χ3n) is 4.53. The predicted octanol–water partition coefficient (Wildman–Crippen LogP) is 4.69. The average Bonchev–Trinajstić information content (AvgIpc) is 2.98. The fourth-order valence-corrected chi connectivity index (χ4v) is 3.84. The Kier molecular flexibility index (Phi) is 4.72. The van der Waals surface area contributed by atoms with Gasteiger partial charge >= 0.3 is 10.1 Å². The van der Waals surface area contributed by atoms with Crippen molar-refractivity contribution in [2.24, 2.45) is 0 Å². The van der Waals surface area contributed by atoms with Crippen molar-refractivity contribution in [1.82, 2.24) is 0 Å². The first kappa shape index (κ1) is 19.0. The van der Waals surface area contributed by atoms with Gasteiger partial charge in [-0.2, -0.15) is 8.42 Å². The molecule has 0 aliphatic carbocycles. The monoisotopic (exact) mass is 406 g/mol. The van der Waals surface area contributed by atoms with Gasteiger partial charge in [0.2, 0.25) is 5.78 Å². The van der Waals surface area contributed by atoms with Crippen LogP contribution in [0.1, 0.15) is 27.0 Å². The molecule has 1 heterocycles. The molecule has 0 unspecified atom stereocenters. The van der Waals surface area contributed by atoms with Crippen LogP contribution in [0.25, 0.3) is 6.08 Å². The second kappa shape index (κ2) is 7.22. The summed E-state index contributed by atoms with van der Waals surface area (Å²) in [6.07, 6.45) is 1.66. The van der Waals surface area contributed by atoms with E-state index in [1.54, 1.807) is 18.2 Å². The van der Waals surface area contributed by atoms with Crippen LogP contribution in [0.2, 0.25) is 0 Å². The molecule has 0 amide bonds. The first-order valence-electron chi connectivity index (χ1n) is 8.98. The van der Waals surface area contributed by atoms with Gasteiger partial charge < -0.3 is 8.92 Å². The van der Waals surface area contributed by atoms with Crippen molar-refractivity contribution in [3.63, 3.8) is 0 Å². The molecule has 29 heavy (non-hydrogen) atoms. The van der Waals surface area contributed by atoms with Gasteiger partial charge in [-0.05, 0) is 49.8 Å². The lowest BCUT2D eigenvalue weighted by Gasteiger charge is -2.08. The molecule has 1 aliphatic heterocycles. The summed E-state index contributed by atoms with van der Waals surface area (Å²) in [5.41, 5.74) is 3.26. The lowest BCUT2D eigenvalue weighted by atomic mass is 10.1. The van der Waals surface area contributed by atoms with E-state index < -0.39 is 10.1 Å². The zero-order chi connectivity index (χ0) is 20.6. The summed E-state index contributed by atoms with van der Waals surface area (Å²) in [7, 11) is -3.98. The van der Waals surface area contributed by atoms with Crippen LogP contribution in [-0.4, -0.2) is 14.2 Å². The summed E-state index contributed by atoms with van der Waals surface area (Å²) >= 11 is 0. The van der Waals surface area contributed by atoms with E-state index in [9.17, 15) is 13.2 Å². The zero-order valence-corrected chi connectivity index (χ0v) is 16.7. The number of benzene rings is 3. The number of hydrogen-bond acceptors (Lipinski definition) is 5. The lowest BCUT2D eigenvalue weighted by molar-refractivity contribution is 0.101. The average molecular weight is 406 g/mol. The lowest BCUT2D eigenvalue weighted by Crippen LogP contribution is -2.09. The maximum atomic E-state index is 12.6. The number of hydrogen-bond donors (Lipinski definition) is 0. The number of allylic oxidation sites excluding steroid dienone is 1. The molecule has 0 N–H and O–H groups in total. The quantitative estimate of drug-likeness (QED) is 0.464. The van der Waals surface area contributed by atoms with Crippen molar-refractivity contribution in [3.8, 4) is 11.5 Å². The van der Waals surface area contributed by atoms with Crippen LogP contribution in [0.15, 0.2) is 77.4 Å². The molecule has 0 saturated carbocycles. The van der Waals surface area contributed by atoms with E-state index in [4.69, 9.17) is 8.92 Å². The van der Waals surface area contributed by atoms with Gasteiger partial charge in [-0.15, -0.1) is 0 Å². The van der Waals surface area contributed by atoms with Gasteiger partial charge in [0.05, 0.1) is 5.56 Å². The molecule has 146 valence electrons. The van der Waals surface area contributed by atoms with Crippen molar-refractivity contribution >= 4 is 22.0 Å². The number of carbonyl (C=O) groups excluding carboxylic acids is 1. The summed E-state index contributed by atoms with van der Waals surface area (Å²) in [6.45, 7) is 3.85. The molecule has 0 saturated heterocycles. The highest BCUT2D eigenvalue weighted by Crippen LogP contribution is 2.35. The molecule has 6 heteroatoms. The molecule has 5 nitrogen and oxygen atoms in total. The highest BCUT2D eigenvalue weighted by Gasteiger charge is 2.28. The van der Waals surface area contributed by atoms with Crippen molar-refractivity contribution in [2.45, 2.75) is 18.7 Å². The Morgan fingerprint density at radius 3 is 2.14 bits per heavy atom. The number of fused-ring (bicyclic) bond motifs is 1. The van der Waals surface area contributed by atoms with Crippen molar-refractivity contribution in [2.75, 3.05) is 0 Å². The highest BCUT2D eigenvalue weighted by molar-refractivity contribution is 7.87. The Labute approximate surface area is 169 Å². The molecular weight excluding hydrogens is 388 g/mol. The van der Waals surface area contributed by atoms with Crippen molar-refractivity contribution < 1.29 is 22.1 Å². The number of Topliss-reactive ketones (excluding diaryl/α,β-unsaturated/α-hetero) is 1. The largest absolute Gasteiger partial charge is 0.452 e. The van der Waals surface area contributed by atoms with Gasteiger partial charge in [-0.25, -0.2) is 0 Å². The van der Waals surface area contributed by atoms with E-state index in [2.05, 4.69) is 0 Å². The number of rotatable bonds is 4. The summed E-state index contributed by atoms with van der Waals surface area (Å²) in [4.78, 5) is 12.6. The number of aryl methyl sites for hydroxylation is 2. The Hall–Kier alpha value is -3.38. The molecule has 0 fully saturated rings. The summed E-state index contributed by atoms with van der Waals surface area (Å²) < 4.78 is 35.8. The minimum atomic E-state index is -3.98. The molecule has 3 aromatic carbocycles. The van der Waals surface area contributed by atoms with E-state index in [0.717, 1.165) is 16.7 Å². The van der Waals surface area contributed by atoms with E-state index in [0.29, 0.717) is 5.56 Å². The Bertz CT molecular complexity index is 1220. The molecule has 0 aromatic heterocycles. The van der Waals surface area contributed by atoms with Crippen molar-refractivity contribution in [3.05, 3.63) is 94.7 Å². The standard InChI is InChI=1S/C23H18O5S/c1-15-3-7-17(8-4-15)13-22-23(24)20-12-9-18(14-21(20)27-22)28-29(25,26)19-10-5-16(2)6-11-19/h3-14H,1-2H3. The molecule has 0 radical (unpaired) electrons. The SMILES string of the molecule is Cc1ccc(C=C2Oc3cc(OS(=O)(=O)c4ccc(C)cc4)ccc3C2=O)cc1. The van der Waals surface area contributed by atoms with E-state index in [1.165, 1.54) is 30.3 Å². The minimum absolute atomic E-state index is 0.0561. The molecule has 3 aromatic rings. The summed E-state index contributed by atoms with van der Waals surface area (Å²) in [6, 6.07) is 18.4. The highest BCUT2D eigenvalue weighted by atomic mass is 32.2. The summed E-state index contributed by atoms with van der Waals surface area (Å²) in [5, 5.41) is 0. The molecule has 4 rings (SSSR count). The third-order valence-corrected chi connectivity index (χ3v) is 5.79.